The first-order valence-corrected chi connectivity index (χ1v) is 7.28. The Bertz CT molecular complexity index is 383. The van der Waals surface area contributed by atoms with E-state index in [9.17, 15) is 4.39 Å². The third-order valence-corrected chi connectivity index (χ3v) is 4.73. The Balaban J connectivity index is 1.92. The van der Waals surface area contributed by atoms with Crippen LogP contribution in [0.4, 0.5) is 4.39 Å². The summed E-state index contributed by atoms with van der Waals surface area (Å²) in [5.74, 6) is 0.423. The zero-order chi connectivity index (χ0) is 13.0. The number of hydrogen-bond donors (Lipinski definition) is 1. The van der Waals surface area contributed by atoms with Crippen molar-refractivity contribution in [1.29, 1.82) is 0 Å². The topological polar surface area (TPSA) is 12.0 Å². The molecule has 0 bridgehead atoms. The molecular formula is C14H18Cl2FN. The van der Waals surface area contributed by atoms with Gasteiger partial charge in [-0.15, -0.1) is 11.6 Å². The second-order valence-corrected chi connectivity index (χ2v) is 5.82. The lowest BCUT2D eigenvalue weighted by molar-refractivity contribution is 0.319. The van der Waals surface area contributed by atoms with Crippen molar-refractivity contribution in [3.8, 4) is 0 Å². The largest absolute Gasteiger partial charge is 0.312 e. The van der Waals surface area contributed by atoms with Gasteiger partial charge in [0.2, 0.25) is 0 Å². The maximum atomic E-state index is 13.6. The fourth-order valence-electron chi connectivity index (χ4n) is 2.64. The lowest BCUT2D eigenvalue weighted by Crippen LogP contribution is -2.33. The predicted molar refractivity (Wildman–Crippen MR) is 74.7 cm³/mol. The van der Waals surface area contributed by atoms with Crippen LogP contribution >= 0.6 is 23.2 Å². The van der Waals surface area contributed by atoms with E-state index in [1.165, 1.54) is 18.9 Å². The normalized spacial score (nSPS) is 18.2. The SMILES string of the molecule is Fc1cccc(Cl)c1CNCC1(CCl)CCCC1. The van der Waals surface area contributed by atoms with Gasteiger partial charge in [0.25, 0.3) is 0 Å². The molecule has 0 saturated heterocycles. The molecule has 4 heteroatoms. The van der Waals surface area contributed by atoms with E-state index in [4.69, 9.17) is 23.2 Å². The molecule has 0 amide bonds. The van der Waals surface area contributed by atoms with Crippen LogP contribution in [0.2, 0.25) is 5.02 Å². The van der Waals surface area contributed by atoms with Gasteiger partial charge in [-0.05, 0) is 30.4 Å². The number of rotatable bonds is 5. The summed E-state index contributed by atoms with van der Waals surface area (Å²) in [5.41, 5.74) is 0.737. The van der Waals surface area contributed by atoms with Crippen LogP contribution in [-0.2, 0) is 6.54 Å². The first-order chi connectivity index (χ1) is 8.67. The minimum Gasteiger partial charge on any atom is -0.312 e. The molecule has 1 nitrogen and oxygen atoms in total. The first-order valence-electron chi connectivity index (χ1n) is 6.36. The molecule has 18 heavy (non-hydrogen) atoms. The van der Waals surface area contributed by atoms with Crippen LogP contribution in [0, 0.1) is 11.2 Å². The number of alkyl halides is 1. The van der Waals surface area contributed by atoms with Gasteiger partial charge in [-0.1, -0.05) is 30.5 Å². The highest BCUT2D eigenvalue weighted by molar-refractivity contribution is 6.31. The van der Waals surface area contributed by atoms with Gasteiger partial charge in [-0.3, -0.25) is 0 Å². The number of halogens is 3. The van der Waals surface area contributed by atoms with Crippen LogP contribution in [0.15, 0.2) is 18.2 Å². The molecule has 0 radical (unpaired) electrons. The van der Waals surface area contributed by atoms with Crippen LogP contribution in [0.25, 0.3) is 0 Å². The summed E-state index contributed by atoms with van der Waals surface area (Å²) in [7, 11) is 0. The Morgan fingerprint density at radius 1 is 1.28 bits per heavy atom. The van der Waals surface area contributed by atoms with Crippen molar-refractivity contribution in [3.05, 3.63) is 34.6 Å². The summed E-state index contributed by atoms with van der Waals surface area (Å²) < 4.78 is 13.6. The summed E-state index contributed by atoms with van der Waals surface area (Å²) in [4.78, 5) is 0. The van der Waals surface area contributed by atoms with Crippen LogP contribution in [-0.4, -0.2) is 12.4 Å². The van der Waals surface area contributed by atoms with Gasteiger partial charge in [0, 0.05) is 29.6 Å². The third kappa shape index (κ3) is 3.17. The number of benzene rings is 1. The minimum absolute atomic E-state index is 0.194. The monoisotopic (exact) mass is 289 g/mol. The highest BCUT2D eigenvalue weighted by atomic mass is 35.5. The minimum atomic E-state index is -0.249. The quantitative estimate of drug-likeness (QED) is 0.794. The molecule has 1 aromatic rings. The molecule has 0 spiro atoms. The molecular weight excluding hydrogens is 272 g/mol. The average Bonchev–Trinajstić information content (AvgIpc) is 2.82. The van der Waals surface area contributed by atoms with Crippen molar-refractivity contribution in [2.45, 2.75) is 32.2 Å². The fraction of sp³-hybridized carbons (Fsp3) is 0.571. The summed E-state index contributed by atoms with van der Waals surface area (Å²) in [6.07, 6.45) is 4.81. The second kappa shape index (κ2) is 6.23. The highest BCUT2D eigenvalue weighted by Gasteiger charge is 2.32. The summed E-state index contributed by atoms with van der Waals surface area (Å²) in [5, 5.41) is 3.79. The predicted octanol–water partition coefficient (Wildman–Crippen LogP) is 4.37. The fourth-order valence-corrected chi connectivity index (χ4v) is 3.23. The van der Waals surface area contributed by atoms with E-state index in [0.29, 0.717) is 23.0 Å². The van der Waals surface area contributed by atoms with Gasteiger partial charge < -0.3 is 5.32 Å². The lowest BCUT2D eigenvalue weighted by atomic mass is 9.88. The van der Waals surface area contributed by atoms with Crippen LogP contribution in [0.5, 0.6) is 0 Å². The Morgan fingerprint density at radius 3 is 2.61 bits per heavy atom. The van der Waals surface area contributed by atoms with Crippen molar-refractivity contribution in [3.63, 3.8) is 0 Å². The molecule has 0 aliphatic heterocycles. The molecule has 1 fully saturated rings. The van der Waals surface area contributed by atoms with E-state index in [0.717, 1.165) is 19.4 Å². The third-order valence-electron chi connectivity index (χ3n) is 3.81. The summed E-state index contributed by atoms with van der Waals surface area (Å²) >= 11 is 12.1. The molecule has 2 rings (SSSR count). The number of nitrogens with one attached hydrogen (secondary N) is 1. The molecule has 1 aliphatic rings. The molecule has 1 aromatic carbocycles. The molecule has 1 saturated carbocycles. The molecule has 0 heterocycles. The molecule has 0 unspecified atom stereocenters. The Hall–Kier alpha value is -0.310. The van der Waals surface area contributed by atoms with E-state index in [2.05, 4.69) is 5.32 Å². The Morgan fingerprint density at radius 2 is 2.00 bits per heavy atom. The van der Waals surface area contributed by atoms with Gasteiger partial charge in [0.1, 0.15) is 5.82 Å². The number of hydrogen-bond acceptors (Lipinski definition) is 1. The zero-order valence-electron chi connectivity index (χ0n) is 10.3. The van der Waals surface area contributed by atoms with E-state index in [1.807, 2.05) is 0 Å². The van der Waals surface area contributed by atoms with Crippen molar-refractivity contribution in [2.24, 2.45) is 5.41 Å². The average molecular weight is 290 g/mol. The van der Waals surface area contributed by atoms with E-state index < -0.39 is 0 Å². The lowest BCUT2D eigenvalue weighted by Gasteiger charge is -2.26. The zero-order valence-corrected chi connectivity index (χ0v) is 11.8. The molecule has 0 atom stereocenters. The molecule has 1 aliphatic carbocycles. The molecule has 100 valence electrons. The summed E-state index contributed by atoms with van der Waals surface area (Å²) in [6.45, 7) is 1.30. The van der Waals surface area contributed by atoms with Crippen LogP contribution in [0.1, 0.15) is 31.2 Å². The van der Waals surface area contributed by atoms with Crippen LogP contribution in [0.3, 0.4) is 0 Å². The highest BCUT2D eigenvalue weighted by Crippen LogP contribution is 2.38. The van der Waals surface area contributed by atoms with Crippen molar-refractivity contribution in [1.82, 2.24) is 5.32 Å². The van der Waals surface area contributed by atoms with Crippen LogP contribution < -0.4 is 5.32 Å². The van der Waals surface area contributed by atoms with Crippen molar-refractivity contribution in [2.75, 3.05) is 12.4 Å². The Labute approximate surface area is 118 Å². The van der Waals surface area contributed by atoms with Gasteiger partial charge >= 0.3 is 0 Å². The smallest absolute Gasteiger partial charge is 0.129 e. The Kier molecular flexibility index (Phi) is 4.88. The van der Waals surface area contributed by atoms with E-state index in [1.54, 1.807) is 12.1 Å². The van der Waals surface area contributed by atoms with Gasteiger partial charge in [0.05, 0.1) is 0 Å². The standard InChI is InChI=1S/C14H18Cl2FN/c15-9-14(6-1-2-7-14)10-18-8-11-12(16)4-3-5-13(11)17/h3-5,18H,1-2,6-10H2. The van der Waals surface area contributed by atoms with Gasteiger partial charge in [-0.2, -0.15) is 0 Å². The van der Waals surface area contributed by atoms with Crippen molar-refractivity contribution < 1.29 is 4.39 Å². The van der Waals surface area contributed by atoms with Crippen molar-refractivity contribution >= 4 is 23.2 Å². The second-order valence-electron chi connectivity index (χ2n) is 5.14. The van der Waals surface area contributed by atoms with E-state index in [-0.39, 0.29) is 11.2 Å². The maximum Gasteiger partial charge on any atom is 0.129 e. The molecule has 1 N–H and O–H groups in total. The maximum absolute atomic E-state index is 13.6. The molecule has 0 aromatic heterocycles. The van der Waals surface area contributed by atoms with Gasteiger partial charge in [-0.25, -0.2) is 4.39 Å². The summed E-state index contributed by atoms with van der Waals surface area (Å²) in [6, 6.07) is 4.78. The van der Waals surface area contributed by atoms with E-state index >= 15 is 0 Å². The van der Waals surface area contributed by atoms with Gasteiger partial charge in [0.15, 0.2) is 0 Å². The first kappa shape index (κ1) is 14.1.